The fraction of sp³-hybridized carbons (Fsp3) is 0.923. The average Bonchev–Trinajstić information content (AvgIpc) is 2.76. The largest absolute Gasteiger partial charge is 0.355 e. The highest BCUT2D eigenvalue weighted by Gasteiger charge is 2.39. The predicted octanol–water partition coefficient (Wildman–Crippen LogP) is 3.64. The van der Waals surface area contributed by atoms with E-state index in [1.807, 2.05) is 0 Å². The summed E-state index contributed by atoms with van der Waals surface area (Å²) in [6, 6.07) is 0. The minimum Gasteiger partial charge on any atom is -0.355 e. The molecule has 1 saturated carbocycles. The van der Waals surface area contributed by atoms with Gasteiger partial charge in [-0.15, -0.1) is 0 Å². The summed E-state index contributed by atoms with van der Waals surface area (Å²) in [5, 5.41) is 3.12. The molecule has 0 aromatic carbocycles. The maximum atomic E-state index is 12.2. The number of amides is 1. The van der Waals surface area contributed by atoms with E-state index >= 15 is 0 Å². The van der Waals surface area contributed by atoms with Crippen LogP contribution in [0.25, 0.3) is 0 Å². The number of nitrogens with one attached hydrogen (secondary N) is 1. The lowest BCUT2D eigenvalue weighted by Crippen LogP contribution is -2.41. The van der Waals surface area contributed by atoms with Crippen molar-refractivity contribution in [1.29, 1.82) is 0 Å². The van der Waals surface area contributed by atoms with Gasteiger partial charge in [0.1, 0.15) is 0 Å². The van der Waals surface area contributed by atoms with Gasteiger partial charge in [-0.2, -0.15) is 0 Å². The third-order valence-electron chi connectivity index (χ3n) is 3.81. The van der Waals surface area contributed by atoms with Crippen molar-refractivity contribution in [1.82, 2.24) is 5.32 Å². The van der Waals surface area contributed by atoms with Crippen LogP contribution in [0, 0.1) is 5.41 Å². The van der Waals surface area contributed by atoms with Gasteiger partial charge in [0.05, 0.1) is 0 Å². The first-order valence-electron chi connectivity index (χ1n) is 6.57. The molecule has 1 rings (SSSR count). The fourth-order valence-electron chi connectivity index (χ4n) is 2.60. The second kappa shape index (κ2) is 6.63. The molecule has 16 heavy (non-hydrogen) atoms. The van der Waals surface area contributed by atoms with Crippen LogP contribution in [-0.2, 0) is 4.79 Å². The van der Waals surface area contributed by atoms with E-state index < -0.39 is 0 Å². The van der Waals surface area contributed by atoms with E-state index in [0.29, 0.717) is 4.83 Å². The summed E-state index contributed by atoms with van der Waals surface area (Å²) in [6.45, 7) is 5.08. The van der Waals surface area contributed by atoms with Gasteiger partial charge in [-0.25, -0.2) is 0 Å². The van der Waals surface area contributed by atoms with Gasteiger partial charge in [0.2, 0.25) is 5.91 Å². The lowest BCUT2D eigenvalue weighted by molar-refractivity contribution is -0.131. The number of carbonyl (C=O) groups excluding carboxylic acids is 1. The smallest absolute Gasteiger partial charge is 0.226 e. The zero-order valence-electron chi connectivity index (χ0n) is 10.5. The van der Waals surface area contributed by atoms with Gasteiger partial charge in [0.15, 0.2) is 0 Å². The summed E-state index contributed by atoms with van der Waals surface area (Å²) in [6.07, 6.45) is 7.86. The van der Waals surface area contributed by atoms with E-state index in [-0.39, 0.29) is 11.3 Å². The molecular weight excluding hydrogens is 266 g/mol. The Morgan fingerprint density at radius 3 is 2.50 bits per heavy atom. The Morgan fingerprint density at radius 2 is 2.00 bits per heavy atom. The summed E-state index contributed by atoms with van der Waals surface area (Å²) in [4.78, 5) is 12.6. The third kappa shape index (κ3) is 3.47. The van der Waals surface area contributed by atoms with Crippen molar-refractivity contribution in [2.45, 2.75) is 63.6 Å². The molecule has 0 aromatic rings. The van der Waals surface area contributed by atoms with E-state index in [2.05, 4.69) is 35.1 Å². The molecular formula is C13H24BrNO. The van der Waals surface area contributed by atoms with Crippen LogP contribution >= 0.6 is 15.9 Å². The summed E-state index contributed by atoms with van der Waals surface area (Å²) in [7, 11) is 0. The molecule has 0 aliphatic heterocycles. The number of alkyl halides is 1. The zero-order valence-corrected chi connectivity index (χ0v) is 12.1. The van der Waals surface area contributed by atoms with Crippen LogP contribution in [0.4, 0.5) is 0 Å². The fourth-order valence-corrected chi connectivity index (χ4v) is 3.22. The van der Waals surface area contributed by atoms with Crippen LogP contribution in [0.2, 0.25) is 0 Å². The van der Waals surface area contributed by atoms with Crippen LogP contribution in [0.3, 0.4) is 0 Å². The van der Waals surface area contributed by atoms with Crippen LogP contribution in [0.15, 0.2) is 0 Å². The van der Waals surface area contributed by atoms with Gasteiger partial charge >= 0.3 is 0 Å². The van der Waals surface area contributed by atoms with Crippen molar-refractivity contribution in [3.63, 3.8) is 0 Å². The molecule has 0 spiro atoms. The summed E-state index contributed by atoms with van der Waals surface area (Å²) in [5.41, 5.74) is -0.0427. The van der Waals surface area contributed by atoms with Crippen LogP contribution < -0.4 is 5.32 Å². The molecule has 0 heterocycles. The Balaban J connectivity index is 2.38. The normalized spacial score (nSPS) is 20.7. The van der Waals surface area contributed by atoms with Crippen molar-refractivity contribution in [3.05, 3.63) is 0 Å². The second-order valence-corrected chi connectivity index (χ2v) is 6.23. The van der Waals surface area contributed by atoms with Crippen molar-refractivity contribution in [2.75, 3.05) is 6.54 Å². The molecule has 3 heteroatoms. The summed E-state index contributed by atoms with van der Waals surface area (Å²) < 4.78 is 0. The van der Waals surface area contributed by atoms with E-state index in [1.54, 1.807) is 0 Å². The van der Waals surface area contributed by atoms with Gasteiger partial charge < -0.3 is 5.32 Å². The van der Waals surface area contributed by atoms with Crippen molar-refractivity contribution in [2.24, 2.45) is 5.41 Å². The topological polar surface area (TPSA) is 29.1 Å². The maximum absolute atomic E-state index is 12.2. The molecule has 2 nitrogen and oxygen atoms in total. The molecule has 0 bridgehead atoms. The molecule has 1 amide bonds. The molecule has 0 saturated heterocycles. The molecule has 1 aliphatic carbocycles. The standard InChI is InChI=1S/C13H24BrNO/c1-3-7-11(14)10-15-12(16)13(4-2)8-5-6-9-13/h11H,3-10H2,1-2H3,(H,15,16). The summed E-state index contributed by atoms with van der Waals surface area (Å²) in [5.74, 6) is 0.285. The predicted molar refractivity (Wildman–Crippen MR) is 71.8 cm³/mol. The Kier molecular flexibility index (Phi) is 5.81. The van der Waals surface area contributed by atoms with Gasteiger partial charge in [-0.3, -0.25) is 4.79 Å². The quantitative estimate of drug-likeness (QED) is 0.743. The highest BCUT2D eigenvalue weighted by Crippen LogP contribution is 2.41. The van der Waals surface area contributed by atoms with Crippen molar-refractivity contribution >= 4 is 21.8 Å². The van der Waals surface area contributed by atoms with E-state index in [0.717, 1.165) is 38.6 Å². The lowest BCUT2D eigenvalue weighted by atomic mass is 9.82. The Bertz CT molecular complexity index is 224. The number of hydrogen-bond acceptors (Lipinski definition) is 1. The molecule has 0 radical (unpaired) electrons. The molecule has 1 aliphatic rings. The van der Waals surface area contributed by atoms with E-state index in [9.17, 15) is 4.79 Å². The lowest BCUT2D eigenvalue weighted by Gasteiger charge is -2.26. The number of carbonyl (C=O) groups is 1. The zero-order chi connectivity index (χ0) is 12.0. The van der Waals surface area contributed by atoms with Crippen molar-refractivity contribution < 1.29 is 4.79 Å². The Hall–Kier alpha value is -0.0500. The number of halogens is 1. The molecule has 0 aromatic heterocycles. The number of hydrogen-bond donors (Lipinski definition) is 1. The highest BCUT2D eigenvalue weighted by atomic mass is 79.9. The molecule has 1 unspecified atom stereocenters. The first-order chi connectivity index (χ1) is 7.64. The second-order valence-electron chi connectivity index (χ2n) is 4.94. The van der Waals surface area contributed by atoms with Gasteiger partial charge in [-0.05, 0) is 25.7 Å². The van der Waals surface area contributed by atoms with Gasteiger partial charge in [0, 0.05) is 16.8 Å². The van der Waals surface area contributed by atoms with E-state index in [1.165, 1.54) is 12.8 Å². The SMILES string of the molecule is CCCC(Br)CNC(=O)C1(CC)CCCC1. The first kappa shape index (κ1) is 14.0. The minimum absolute atomic E-state index is 0.0427. The highest BCUT2D eigenvalue weighted by molar-refractivity contribution is 9.09. The number of rotatable bonds is 6. The van der Waals surface area contributed by atoms with Crippen LogP contribution in [-0.4, -0.2) is 17.3 Å². The molecule has 1 N–H and O–H groups in total. The van der Waals surface area contributed by atoms with Gasteiger partial charge in [0.25, 0.3) is 0 Å². The van der Waals surface area contributed by atoms with Crippen LogP contribution in [0.1, 0.15) is 58.8 Å². The Labute approximate surface area is 108 Å². The Morgan fingerprint density at radius 1 is 1.38 bits per heavy atom. The van der Waals surface area contributed by atoms with Gasteiger partial charge in [-0.1, -0.05) is 49.0 Å². The third-order valence-corrected chi connectivity index (χ3v) is 4.59. The summed E-state index contributed by atoms with van der Waals surface area (Å²) >= 11 is 3.60. The van der Waals surface area contributed by atoms with Crippen LogP contribution in [0.5, 0.6) is 0 Å². The molecule has 1 fully saturated rings. The van der Waals surface area contributed by atoms with Crippen molar-refractivity contribution in [3.8, 4) is 0 Å². The molecule has 94 valence electrons. The molecule has 1 atom stereocenters. The monoisotopic (exact) mass is 289 g/mol. The first-order valence-corrected chi connectivity index (χ1v) is 7.48. The average molecular weight is 290 g/mol. The minimum atomic E-state index is -0.0427. The maximum Gasteiger partial charge on any atom is 0.226 e. The van der Waals surface area contributed by atoms with E-state index in [4.69, 9.17) is 0 Å².